The summed E-state index contributed by atoms with van der Waals surface area (Å²) in [6.45, 7) is 4.39. The maximum atomic E-state index is 12.3. The van der Waals surface area contributed by atoms with Crippen LogP contribution in [0.5, 0.6) is 5.75 Å². The summed E-state index contributed by atoms with van der Waals surface area (Å²) in [5, 5.41) is 3.12. The summed E-state index contributed by atoms with van der Waals surface area (Å²) in [5.41, 5.74) is 2.34. The molecule has 0 spiro atoms. The number of amides is 1. The second-order valence-electron chi connectivity index (χ2n) is 6.67. The lowest BCUT2D eigenvalue weighted by atomic mass is 10.1. The Hall–Kier alpha value is -2.49. The zero-order chi connectivity index (χ0) is 18.2. The third kappa shape index (κ3) is 4.78. The molecule has 2 aromatic carbocycles. The Morgan fingerprint density at radius 2 is 1.92 bits per heavy atom. The number of nitrogens with zero attached hydrogens (tertiary/aromatic N) is 1. The van der Waals surface area contributed by atoms with Gasteiger partial charge in [-0.1, -0.05) is 36.4 Å². The van der Waals surface area contributed by atoms with Crippen molar-refractivity contribution in [3.63, 3.8) is 0 Å². The summed E-state index contributed by atoms with van der Waals surface area (Å²) in [7, 11) is 0. The molecule has 4 nitrogen and oxygen atoms in total. The van der Waals surface area contributed by atoms with Crippen LogP contribution in [-0.4, -0.2) is 31.6 Å². The number of benzene rings is 2. The van der Waals surface area contributed by atoms with Gasteiger partial charge in [0.2, 0.25) is 5.91 Å². The van der Waals surface area contributed by atoms with E-state index < -0.39 is 0 Å². The number of anilines is 1. The molecule has 0 aliphatic carbocycles. The number of aryl methyl sites for hydroxylation is 1. The molecule has 1 atom stereocenters. The maximum Gasteiger partial charge on any atom is 0.220 e. The maximum absolute atomic E-state index is 12.3. The second-order valence-corrected chi connectivity index (χ2v) is 6.67. The molecule has 1 aliphatic rings. The predicted molar refractivity (Wildman–Crippen MR) is 106 cm³/mol. The van der Waals surface area contributed by atoms with Crippen LogP contribution in [0.3, 0.4) is 0 Å². The van der Waals surface area contributed by atoms with Crippen molar-refractivity contribution in [2.45, 2.75) is 38.6 Å². The van der Waals surface area contributed by atoms with Gasteiger partial charge in [-0.15, -0.1) is 0 Å². The van der Waals surface area contributed by atoms with E-state index in [1.165, 1.54) is 12.1 Å². The molecule has 1 heterocycles. The monoisotopic (exact) mass is 352 g/mol. The van der Waals surface area contributed by atoms with Gasteiger partial charge in [0.1, 0.15) is 5.75 Å². The lowest BCUT2D eigenvalue weighted by molar-refractivity contribution is -0.121. The number of hydrogen-bond donors (Lipinski definition) is 1. The summed E-state index contributed by atoms with van der Waals surface area (Å²) < 4.78 is 5.64. The Kier molecular flexibility index (Phi) is 6.53. The van der Waals surface area contributed by atoms with E-state index in [1.54, 1.807) is 0 Å². The largest absolute Gasteiger partial charge is 0.494 e. The van der Waals surface area contributed by atoms with Crippen molar-refractivity contribution < 1.29 is 9.53 Å². The highest BCUT2D eigenvalue weighted by molar-refractivity contribution is 5.76. The van der Waals surface area contributed by atoms with Gasteiger partial charge in [0.15, 0.2) is 0 Å². The number of carbonyl (C=O) groups excluding carboxylic acids is 1. The minimum absolute atomic E-state index is 0.108. The van der Waals surface area contributed by atoms with E-state index in [-0.39, 0.29) is 5.91 Å². The van der Waals surface area contributed by atoms with Crippen LogP contribution in [-0.2, 0) is 11.2 Å². The molecule has 0 radical (unpaired) electrons. The van der Waals surface area contributed by atoms with Crippen molar-refractivity contribution >= 4 is 11.6 Å². The molecule has 1 unspecified atom stereocenters. The van der Waals surface area contributed by atoms with Crippen LogP contribution in [0.25, 0.3) is 0 Å². The van der Waals surface area contributed by atoms with Crippen LogP contribution in [0.1, 0.15) is 31.7 Å². The SMILES string of the molecule is CCOc1ccccc1CCC(=O)NCC1CCCN1c1ccccc1. The van der Waals surface area contributed by atoms with E-state index in [0.717, 1.165) is 24.3 Å². The second kappa shape index (κ2) is 9.27. The highest BCUT2D eigenvalue weighted by Gasteiger charge is 2.24. The molecule has 1 fully saturated rings. The van der Waals surface area contributed by atoms with Crippen LogP contribution in [0.2, 0.25) is 0 Å². The van der Waals surface area contributed by atoms with Gasteiger partial charge in [-0.25, -0.2) is 0 Å². The van der Waals surface area contributed by atoms with Crippen LogP contribution in [0.4, 0.5) is 5.69 Å². The van der Waals surface area contributed by atoms with Gasteiger partial charge in [0.05, 0.1) is 6.61 Å². The standard InChI is InChI=1S/C22H28N2O2/c1-2-26-21-13-7-6-9-18(21)14-15-22(25)23-17-20-12-8-16-24(20)19-10-4-3-5-11-19/h3-7,9-11,13,20H,2,8,12,14-17H2,1H3,(H,23,25). The molecule has 4 heteroatoms. The van der Waals surface area contributed by atoms with Crippen molar-refractivity contribution in [3.8, 4) is 5.75 Å². The Morgan fingerprint density at radius 1 is 1.15 bits per heavy atom. The van der Waals surface area contributed by atoms with Gasteiger partial charge in [-0.05, 0) is 49.9 Å². The molecule has 0 bridgehead atoms. The van der Waals surface area contributed by atoms with Crippen molar-refractivity contribution in [2.75, 3.05) is 24.6 Å². The first-order valence-electron chi connectivity index (χ1n) is 9.57. The molecule has 1 N–H and O–H groups in total. The fourth-order valence-electron chi connectivity index (χ4n) is 3.58. The molecule has 26 heavy (non-hydrogen) atoms. The smallest absolute Gasteiger partial charge is 0.220 e. The minimum atomic E-state index is 0.108. The van der Waals surface area contributed by atoms with Gasteiger partial charge in [0.25, 0.3) is 0 Å². The van der Waals surface area contributed by atoms with E-state index in [1.807, 2.05) is 37.3 Å². The van der Waals surface area contributed by atoms with Gasteiger partial charge >= 0.3 is 0 Å². The summed E-state index contributed by atoms with van der Waals surface area (Å²) in [5.74, 6) is 0.991. The minimum Gasteiger partial charge on any atom is -0.494 e. The quantitative estimate of drug-likeness (QED) is 0.786. The Balaban J connectivity index is 1.48. The Labute approximate surface area is 156 Å². The molecule has 3 rings (SSSR count). The first kappa shape index (κ1) is 18.3. The van der Waals surface area contributed by atoms with E-state index in [0.29, 0.717) is 32.0 Å². The van der Waals surface area contributed by atoms with E-state index in [4.69, 9.17) is 4.74 Å². The highest BCUT2D eigenvalue weighted by atomic mass is 16.5. The van der Waals surface area contributed by atoms with E-state index >= 15 is 0 Å². The van der Waals surface area contributed by atoms with Crippen molar-refractivity contribution in [2.24, 2.45) is 0 Å². The summed E-state index contributed by atoms with van der Waals surface area (Å²) in [6.07, 6.45) is 3.50. The van der Waals surface area contributed by atoms with Crippen molar-refractivity contribution in [1.29, 1.82) is 0 Å². The normalized spacial score (nSPS) is 16.5. The molecule has 1 saturated heterocycles. The van der Waals surface area contributed by atoms with Gasteiger partial charge in [-0.2, -0.15) is 0 Å². The molecule has 2 aromatic rings. The third-order valence-corrected chi connectivity index (χ3v) is 4.89. The fourth-order valence-corrected chi connectivity index (χ4v) is 3.58. The average molecular weight is 352 g/mol. The van der Waals surface area contributed by atoms with Gasteiger partial charge in [0, 0.05) is 31.2 Å². The van der Waals surface area contributed by atoms with E-state index in [9.17, 15) is 4.79 Å². The number of para-hydroxylation sites is 2. The topological polar surface area (TPSA) is 41.6 Å². The van der Waals surface area contributed by atoms with E-state index in [2.05, 4.69) is 34.5 Å². The number of hydrogen-bond acceptors (Lipinski definition) is 3. The van der Waals surface area contributed by atoms with Gasteiger partial charge in [-0.3, -0.25) is 4.79 Å². The summed E-state index contributed by atoms with van der Waals surface area (Å²) >= 11 is 0. The number of rotatable bonds is 8. The lowest BCUT2D eigenvalue weighted by Crippen LogP contribution is -2.40. The molecule has 1 amide bonds. The van der Waals surface area contributed by atoms with Crippen LogP contribution in [0, 0.1) is 0 Å². The molecule has 1 aliphatic heterocycles. The number of nitrogens with one attached hydrogen (secondary N) is 1. The lowest BCUT2D eigenvalue weighted by Gasteiger charge is -2.27. The fraction of sp³-hybridized carbons (Fsp3) is 0.409. The third-order valence-electron chi connectivity index (χ3n) is 4.89. The van der Waals surface area contributed by atoms with Crippen LogP contribution >= 0.6 is 0 Å². The summed E-state index contributed by atoms with van der Waals surface area (Å²) in [6, 6.07) is 18.8. The molecule has 0 saturated carbocycles. The van der Waals surface area contributed by atoms with Gasteiger partial charge < -0.3 is 15.0 Å². The first-order chi connectivity index (χ1) is 12.8. The van der Waals surface area contributed by atoms with Crippen molar-refractivity contribution in [3.05, 3.63) is 60.2 Å². The number of ether oxygens (including phenoxy) is 1. The zero-order valence-corrected chi connectivity index (χ0v) is 15.5. The Bertz CT molecular complexity index is 702. The molecular weight excluding hydrogens is 324 g/mol. The van der Waals surface area contributed by atoms with Crippen molar-refractivity contribution in [1.82, 2.24) is 5.32 Å². The highest BCUT2D eigenvalue weighted by Crippen LogP contribution is 2.25. The number of carbonyl (C=O) groups is 1. The predicted octanol–water partition coefficient (Wildman–Crippen LogP) is 3.80. The van der Waals surface area contributed by atoms with Crippen LogP contribution in [0.15, 0.2) is 54.6 Å². The zero-order valence-electron chi connectivity index (χ0n) is 15.5. The Morgan fingerprint density at radius 3 is 2.73 bits per heavy atom. The summed E-state index contributed by atoms with van der Waals surface area (Å²) in [4.78, 5) is 14.7. The molecule has 138 valence electrons. The first-order valence-corrected chi connectivity index (χ1v) is 9.57. The van der Waals surface area contributed by atoms with Crippen LogP contribution < -0.4 is 15.0 Å². The molecule has 0 aromatic heterocycles. The average Bonchev–Trinajstić information content (AvgIpc) is 3.15. The molecular formula is C22H28N2O2.